The number of halogens is 7. The molecule has 0 radical (unpaired) electrons. The molecule has 1 aromatic rings. The van der Waals surface area contributed by atoms with Crippen molar-refractivity contribution in [2.24, 2.45) is 0 Å². The van der Waals surface area contributed by atoms with Gasteiger partial charge in [-0.3, -0.25) is 0 Å². The number of hydrogen-bond donors (Lipinski definition) is 0. The summed E-state index contributed by atoms with van der Waals surface area (Å²) in [5.74, 6) is 0. The minimum atomic E-state index is -4.77. The highest BCUT2D eigenvalue weighted by molar-refractivity contribution is 5.27. The van der Waals surface area contributed by atoms with Gasteiger partial charge >= 0.3 is 33.6 Å². The van der Waals surface area contributed by atoms with E-state index in [4.69, 9.17) is 0 Å². The molecule has 7 heteroatoms. The quantitative estimate of drug-likeness (QED) is 0.531. The summed E-state index contributed by atoms with van der Waals surface area (Å²) < 4.78 is 77.6. The summed E-state index contributed by atoms with van der Waals surface area (Å²) in [7, 11) is 0. The molecule has 0 N–H and O–H groups in total. The van der Waals surface area contributed by atoms with Crippen LogP contribution in [-0.2, 0) is 12.4 Å². The first kappa shape index (κ1) is 17.3. The molecule has 0 aliphatic rings. The summed E-state index contributed by atoms with van der Waals surface area (Å²) >= 11 is -1.01. The number of benzene rings is 1. The zero-order valence-electron chi connectivity index (χ0n) is 10.7. The first-order valence-electron chi connectivity index (χ1n) is 5.62. The Morgan fingerprint density at radius 2 is 1.45 bits per heavy atom. The van der Waals surface area contributed by atoms with Crippen LogP contribution in [0.25, 0.3) is 0 Å². The molecule has 0 nitrogen and oxygen atoms in total. The third-order valence-corrected chi connectivity index (χ3v) is 5.19. The first-order chi connectivity index (χ1) is 9.04. The van der Waals surface area contributed by atoms with Crippen molar-refractivity contribution in [3.8, 4) is 0 Å². The molecule has 20 heavy (non-hydrogen) atoms. The van der Waals surface area contributed by atoms with Gasteiger partial charge in [-0.1, -0.05) is 6.92 Å². The van der Waals surface area contributed by atoms with Gasteiger partial charge in [0.15, 0.2) is 7.65 Å². The molecule has 0 bridgehead atoms. The summed E-state index contributed by atoms with van der Waals surface area (Å²) in [5, 5.41) is 0. The second kappa shape index (κ2) is 6.36. The van der Waals surface area contributed by atoms with E-state index in [1.54, 1.807) is 11.0 Å². The summed E-state index contributed by atoms with van der Waals surface area (Å²) in [4.78, 5) is 0. The SMILES string of the molecule is CC/C(C)=C/[I+]c1cc(C(F)(F)F)cc(C(F)(F)F)c1. The van der Waals surface area contributed by atoms with Crippen LogP contribution >= 0.6 is 0 Å². The second-order valence-electron chi connectivity index (χ2n) is 4.14. The fourth-order valence-electron chi connectivity index (χ4n) is 1.21. The van der Waals surface area contributed by atoms with Gasteiger partial charge in [-0.2, -0.15) is 26.3 Å². The van der Waals surface area contributed by atoms with Crippen LogP contribution in [-0.4, -0.2) is 0 Å². The van der Waals surface area contributed by atoms with Gasteiger partial charge in [0.25, 0.3) is 0 Å². The number of alkyl halides is 6. The van der Waals surface area contributed by atoms with Gasteiger partial charge in [0.05, 0.1) is 11.1 Å². The van der Waals surface area contributed by atoms with Crippen molar-refractivity contribution in [1.29, 1.82) is 0 Å². The lowest BCUT2D eigenvalue weighted by Crippen LogP contribution is -3.59. The summed E-state index contributed by atoms with van der Waals surface area (Å²) in [6, 6.07) is 1.77. The van der Waals surface area contributed by atoms with Crippen LogP contribution in [0.1, 0.15) is 31.4 Å². The van der Waals surface area contributed by atoms with Crippen LogP contribution in [0, 0.1) is 3.57 Å². The largest absolute Gasteiger partial charge is 0.416 e. The lowest BCUT2D eigenvalue weighted by atomic mass is 10.1. The Bertz CT molecular complexity index is 466. The van der Waals surface area contributed by atoms with E-state index < -0.39 is 44.7 Å². The average Bonchev–Trinajstić information content (AvgIpc) is 2.33. The topological polar surface area (TPSA) is 0 Å². The van der Waals surface area contributed by atoms with Gasteiger partial charge in [-0.25, -0.2) is 0 Å². The molecule has 112 valence electrons. The zero-order chi connectivity index (χ0) is 15.6. The molecule has 0 saturated heterocycles. The van der Waals surface area contributed by atoms with Crippen molar-refractivity contribution in [3.63, 3.8) is 0 Å². The number of rotatable bonds is 3. The van der Waals surface area contributed by atoms with Gasteiger partial charge < -0.3 is 0 Å². The van der Waals surface area contributed by atoms with Crippen molar-refractivity contribution >= 4 is 0 Å². The van der Waals surface area contributed by atoms with Crippen molar-refractivity contribution in [2.45, 2.75) is 32.6 Å². The van der Waals surface area contributed by atoms with E-state index in [2.05, 4.69) is 0 Å². The van der Waals surface area contributed by atoms with Gasteiger partial charge in [-0.15, -0.1) is 0 Å². The lowest BCUT2D eigenvalue weighted by molar-refractivity contribution is -0.558. The Labute approximate surface area is 123 Å². The molecular formula is C13H12F6I+. The Balaban J connectivity index is 3.24. The standard InChI is InChI=1S/C13H12F6I/c1-3-8(2)7-20-11-5-9(12(14,15)16)4-10(6-11)13(17,18)19/h4-7H,3H2,1-2H3/q+1/b8-7+. The highest BCUT2D eigenvalue weighted by Crippen LogP contribution is 2.34. The fraction of sp³-hybridized carbons (Fsp3) is 0.385. The first-order valence-corrected chi connectivity index (χ1v) is 7.95. The van der Waals surface area contributed by atoms with E-state index in [0.717, 1.165) is 24.1 Å². The summed E-state index contributed by atoms with van der Waals surface area (Å²) in [5.41, 5.74) is -1.53. The number of hydrogen-bond acceptors (Lipinski definition) is 0. The molecule has 1 rings (SSSR count). The Hall–Kier alpha value is -0.730. The maximum absolute atomic E-state index is 12.6. The summed E-state index contributed by atoms with van der Waals surface area (Å²) in [6.45, 7) is 3.68. The van der Waals surface area contributed by atoms with E-state index in [9.17, 15) is 26.3 Å². The van der Waals surface area contributed by atoms with Gasteiger partial charge in [0.2, 0.25) is 0 Å². The van der Waals surface area contributed by atoms with Gasteiger partial charge in [0.1, 0.15) is 0 Å². The Morgan fingerprint density at radius 3 is 1.80 bits per heavy atom. The van der Waals surface area contributed by atoms with Crippen molar-refractivity contribution in [2.75, 3.05) is 0 Å². The van der Waals surface area contributed by atoms with E-state index in [0.29, 0.717) is 0 Å². The van der Waals surface area contributed by atoms with Crippen LogP contribution in [0.4, 0.5) is 26.3 Å². The van der Waals surface area contributed by atoms with E-state index in [1.807, 2.05) is 6.92 Å². The molecular weight excluding hydrogens is 397 g/mol. The molecule has 0 aliphatic carbocycles. The molecule has 0 amide bonds. The predicted molar refractivity (Wildman–Crippen MR) is 59.2 cm³/mol. The van der Waals surface area contributed by atoms with Crippen LogP contribution in [0.5, 0.6) is 0 Å². The van der Waals surface area contributed by atoms with Gasteiger partial charge in [-0.05, 0) is 25.0 Å². The van der Waals surface area contributed by atoms with Crippen molar-refractivity contribution in [3.05, 3.63) is 42.6 Å². The highest BCUT2D eigenvalue weighted by atomic mass is 127. The Morgan fingerprint density at radius 1 is 1.00 bits per heavy atom. The van der Waals surface area contributed by atoms with Gasteiger partial charge in [0, 0.05) is 12.1 Å². The molecule has 0 spiro atoms. The maximum Gasteiger partial charge on any atom is 0.416 e. The molecule has 0 unspecified atom stereocenters. The fourth-order valence-corrected chi connectivity index (χ4v) is 3.58. The monoisotopic (exact) mass is 409 g/mol. The van der Waals surface area contributed by atoms with Crippen LogP contribution in [0.15, 0.2) is 27.9 Å². The van der Waals surface area contributed by atoms with E-state index in [-0.39, 0.29) is 9.64 Å². The van der Waals surface area contributed by atoms with Crippen LogP contribution < -0.4 is 21.2 Å². The minimum absolute atomic E-state index is 0.110. The smallest absolute Gasteiger partial charge is 0.166 e. The van der Waals surface area contributed by atoms with E-state index in [1.165, 1.54) is 0 Å². The molecule has 0 saturated carbocycles. The number of allylic oxidation sites excluding steroid dienone is 1. The van der Waals surface area contributed by atoms with Crippen LogP contribution in [0.2, 0.25) is 0 Å². The van der Waals surface area contributed by atoms with Crippen LogP contribution in [0.3, 0.4) is 0 Å². The molecule has 0 atom stereocenters. The second-order valence-corrected chi connectivity index (χ2v) is 6.63. The third kappa shape index (κ3) is 4.99. The summed E-state index contributed by atoms with van der Waals surface area (Å²) in [6.07, 6.45) is -8.82. The maximum atomic E-state index is 12.6. The Kier molecular flexibility index (Phi) is 5.51. The minimum Gasteiger partial charge on any atom is -0.166 e. The normalized spacial score (nSPS) is 13.7. The molecule has 0 fully saturated rings. The average molecular weight is 409 g/mol. The highest BCUT2D eigenvalue weighted by Gasteiger charge is 2.38. The molecule has 0 heterocycles. The van der Waals surface area contributed by atoms with Crippen molar-refractivity contribution in [1.82, 2.24) is 0 Å². The third-order valence-electron chi connectivity index (χ3n) is 2.48. The molecule has 1 aromatic carbocycles. The molecule has 0 aliphatic heterocycles. The van der Waals surface area contributed by atoms with E-state index >= 15 is 0 Å². The molecule has 0 aromatic heterocycles. The van der Waals surface area contributed by atoms with Crippen molar-refractivity contribution < 1.29 is 47.5 Å². The predicted octanol–water partition coefficient (Wildman–Crippen LogP) is 2.30. The zero-order valence-corrected chi connectivity index (χ0v) is 12.8. The lowest BCUT2D eigenvalue weighted by Gasteiger charge is -2.10.